The molecule has 1 saturated heterocycles. The molecule has 18 heavy (non-hydrogen) atoms. The molecule has 6 heteroatoms. The van der Waals surface area contributed by atoms with Crippen LogP contribution in [0.15, 0.2) is 18.5 Å². The van der Waals surface area contributed by atoms with Crippen molar-refractivity contribution in [2.24, 2.45) is 0 Å². The van der Waals surface area contributed by atoms with E-state index in [0.717, 1.165) is 6.54 Å². The molecule has 5 nitrogen and oxygen atoms in total. The molecule has 2 rings (SSSR count). The Morgan fingerprint density at radius 3 is 3.28 bits per heavy atom. The Labute approximate surface area is 111 Å². The quantitative estimate of drug-likeness (QED) is 0.882. The second-order valence-corrected chi connectivity index (χ2v) is 4.56. The van der Waals surface area contributed by atoms with E-state index in [9.17, 15) is 4.79 Å². The van der Waals surface area contributed by atoms with Crippen molar-refractivity contribution in [1.29, 1.82) is 0 Å². The summed E-state index contributed by atoms with van der Waals surface area (Å²) in [6, 6.07) is 1.65. The number of amides is 1. The number of hydrogen-bond acceptors (Lipinski definition) is 4. The molecule has 1 aliphatic heterocycles. The fourth-order valence-corrected chi connectivity index (χ4v) is 2.17. The largest absolute Gasteiger partial charge is 0.373 e. The Morgan fingerprint density at radius 1 is 1.72 bits per heavy atom. The van der Waals surface area contributed by atoms with Crippen LogP contribution in [0.25, 0.3) is 0 Å². The van der Waals surface area contributed by atoms with E-state index in [4.69, 9.17) is 16.3 Å². The zero-order chi connectivity index (χ0) is 13.0. The minimum atomic E-state index is -0.0631. The molecular weight excluding hydrogens is 254 g/mol. The van der Waals surface area contributed by atoms with Gasteiger partial charge in [0.2, 0.25) is 0 Å². The summed E-state index contributed by atoms with van der Waals surface area (Å²) in [6.45, 7) is 2.46. The molecule has 1 N–H and O–H groups in total. The van der Waals surface area contributed by atoms with Crippen LogP contribution >= 0.6 is 11.6 Å². The maximum absolute atomic E-state index is 12.3. The van der Waals surface area contributed by atoms with Gasteiger partial charge in [-0.05, 0) is 13.1 Å². The van der Waals surface area contributed by atoms with E-state index in [1.54, 1.807) is 17.2 Å². The normalized spacial score (nSPS) is 19.9. The number of nitrogens with zero attached hydrogens (tertiary/aromatic N) is 2. The van der Waals surface area contributed by atoms with Gasteiger partial charge in [0.15, 0.2) is 0 Å². The fraction of sp³-hybridized carbons (Fsp3) is 0.500. The number of hydrogen-bond donors (Lipinski definition) is 1. The Hall–Kier alpha value is -1.17. The van der Waals surface area contributed by atoms with Crippen LogP contribution in [0.2, 0.25) is 5.02 Å². The van der Waals surface area contributed by atoms with E-state index in [0.29, 0.717) is 30.3 Å². The molecule has 0 aliphatic carbocycles. The number of aromatic nitrogens is 1. The van der Waals surface area contributed by atoms with Crippen molar-refractivity contribution in [3.63, 3.8) is 0 Å². The van der Waals surface area contributed by atoms with Gasteiger partial charge in [0.1, 0.15) is 0 Å². The van der Waals surface area contributed by atoms with Gasteiger partial charge in [-0.1, -0.05) is 11.6 Å². The summed E-state index contributed by atoms with van der Waals surface area (Å²) in [5.74, 6) is -0.0631. The van der Waals surface area contributed by atoms with Crippen LogP contribution in [0, 0.1) is 0 Å². The van der Waals surface area contributed by atoms with Gasteiger partial charge in [-0.15, -0.1) is 0 Å². The predicted octanol–water partition coefficient (Wildman–Crippen LogP) is 0.795. The lowest BCUT2D eigenvalue weighted by molar-refractivity contribution is -0.0196. The van der Waals surface area contributed by atoms with Gasteiger partial charge in [-0.3, -0.25) is 9.78 Å². The highest BCUT2D eigenvalue weighted by Gasteiger charge is 2.25. The first-order valence-electron chi connectivity index (χ1n) is 5.87. The summed E-state index contributed by atoms with van der Waals surface area (Å²) in [7, 11) is 1.86. The van der Waals surface area contributed by atoms with Crippen LogP contribution < -0.4 is 5.32 Å². The van der Waals surface area contributed by atoms with E-state index in [1.807, 2.05) is 7.05 Å². The summed E-state index contributed by atoms with van der Waals surface area (Å²) < 4.78 is 5.56. The first kappa shape index (κ1) is 13.3. The molecule has 1 aliphatic rings. The smallest absolute Gasteiger partial charge is 0.255 e. The van der Waals surface area contributed by atoms with Crippen LogP contribution in [0.3, 0.4) is 0 Å². The van der Waals surface area contributed by atoms with E-state index in [-0.39, 0.29) is 12.0 Å². The van der Waals surface area contributed by atoms with E-state index in [2.05, 4.69) is 10.3 Å². The number of pyridine rings is 1. The van der Waals surface area contributed by atoms with Gasteiger partial charge in [0, 0.05) is 32.0 Å². The Balaban J connectivity index is 2.07. The average Bonchev–Trinajstić information content (AvgIpc) is 2.39. The molecule has 0 bridgehead atoms. The van der Waals surface area contributed by atoms with Crippen molar-refractivity contribution in [3.8, 4) is 0 Å². The number of morpholine rings is 1. The summed E-state index contributed by atoms with van der Waals surface area (Å²) in [4.78, 5) is 18.0. The number of nitrogens with one attached hydrogen (secondary N) is 1. The monoisotopic (exact) mass is 269 g/mol. The number of rotatable bonds is 3. The second-order valence-electron chi connectivity index (χ2n) is 4.16. The van der Waals surface area contributed by atoms with Crippen molar-refractivity contribution >= 4 is 17.5 Å². The van der Waals surface area contributed by atoms with E-state index < -0.39 is 0 Å². The molecule has 2 heterocycles. The lowest BCUT2D eigenvalue weighted by Crippen LogP contribution is -2.48. The van der Waals surface area contributed by atoms with Gasteiger partial charge in [-0.25, -0.2) is 0 Å². The molecular formula is C12H16ClN3O2. The second kappa shape index (κ2) is 6.13. The molecule has 1 aromatic rings. The van der Waals surface area contributed by atoms with Gasteiger partial charge >= 0.3 is 0 Å². The summed E-state index contributed by atoms with van der Waals surface area (Å²) in [6.07, 6.45) is 3.10. The maximum atomic E-state index is 12.3. The van der Waals surface area contributed by atoms with Crippen LogP contribution in [0.1, 0.15) is 10.4 Å². The predicted molar refractivity (Wildman–Crippen MR) is 68.8 cm³/mol. The number of carbonyl (C=O) groups is 1. The third-order valence-corrected chi connectivity index (χ3v) is 3.16. The average molecular weight is 270 g/mol. The van der Waals surface area contributed by atoms with Crippen LogP contribution in [0.4, 0.5) is 0 Å². The number of ether oxygens (including phenoxy) is 1. The van der Waals surface area contributed by atoms with Crippen molar-refractivity contribution in [2.75, 3.05) is 33.3 Å². The third kappa shape index (κ3) is 2.98. The highest BCUT2D eigenvalue weighted by atomic mass is 35.5. The van der Waals surface area contributed by atoms with Crippen molar-refractivity contribution < 1.29 is 9.53 Å². The summed E-state index contributed by atoms with van der Waals surface area (Å²) in [5, 5.41) is 3.44. The SMILES string of the molecule is CNCC1CN(C(=O)c2ccncc2Cl)CCO1. The molecule has 1 aromatic heterocycles. The number of halogens is 1. The van der Waals surface area contributed by atoms with Crippen molar-refractivity contribution in [1.82, 2.24) is 15.2 Å². The van der Waals surface area contributed by atoms with Gasteiger partial charge in [0.05, 0.1) is 23.3 Å². The molecule has 1 fully saturated rings. The highest BCUT2D eigenvalue weighted by Crippen LogP contribution is 2.17. The number of likely N-dealkylation sites (N-methyl/N-ethyl adjacent to an activating group) is 1. The van der Waals surface area contributed by atoms with E-state index in [1.165, 1.54) is 6.20 Å². The standard InChI is InChI=1S/C12H16ClN3O2/c1-14-6-9-8-16(4-5-18-9)12(17)10-2-3-15-7-11(10)13/h2-3,7,9,14H,4-6,8H2,1H3. The zero-order valence-corrected chi connectivity index (χ0v) is 11.0. The number of carbonyl (C=O) groups excluding carboxylic acids is 1. The first-order valence-corrected chi connectivity index (χ1v) is 6.25. The van der Waals surface area contributed by atoms with Crippen LogP contribution in [0.5, 0.6) is 0 Å². The summed E-state index contributed by atoms with van der Waals surface area (Å²) >= 11 is 5.98. The van der Waals surface area contributed by atoms with E-state index >= 15 is 0 Å². The van der Waals surface area contributed by atoms with Crippen molar-refractivity contribution in [2.45, 2.75) is 6.10 Å². The molecule has 0 saturated carbocycles. The maximum Gasteiger partial charge on any atom is 0.255 e. The minimum Gasteiger partial charge on any atom is -0.373 e. The third-order valence-electron chi connectivity index (χ3n) is 2.86. The fourth-order valence-electron chi connectivity index (χ4n) is 1.97. The molecule has 1 amide bonds. The summed E-state index contributed by atoms with van der Waals surface area (Å²) in [5.41, 5.74) is 0.497. The van der Waals surface area contributed by atoms with Gasteiger partial charge in [0.25, 0.3) is 5.91 Å². The molecule has 0 aromatic carbocycles. The Kier molecular flexibility index (Phi) is 4.52. The molecule has 1 atom stereocenters. The van der Waals surface area contributed by atoms with Crippen LogP contribution in [-0.2, 0) is 4.74 Å². The topological polar surface area (TPSA) is 54.5 Å². The molecule has 1 unspecified atom stereocenters. The first-order chi connectivity index (χ1) is 8.72. The van der Waals surface area contributed by atoms with Crippen LogP contribution in [-0.4, -0.2) is 55.2 Å². The molecule has 0 spiro atoms. The Bertz CT molecular complexity index is 426. The van der Waals surface area contributed by atoms with Gasteiger partial charge < -0.3 is 15.0 Å². The zero-order valence-electron chi connectivity index (χ0n) is 10.2. The molecule has 0 radical (unpaired) electrons. The molecule has 98 valence electrons. The highest BCUT2D eigenvalue weighted by molar-refractivity contribution is 6.33. The Morgan fingerprint density at radius 2 is 2.56 bits per heavy atom. The van der Waals surface area contributed by atoms with Gasteiger partial charge in [-0.2, -0.15) is 0 Å². The lowest BCUT2D eigenvalue weighted by Gasteiger charge is -2.33. The minimum absolute atomic E-state index is 0.0355. The van der Waals surface area contributed by atoms with Crippen molar-refractivity contribution in [3.05, 3.63) is 29.0 Å². The lowest BCUT2D eigenvalue weighted by atomic mass is 10.2.